The maximum atomic E-state index is 5.60. The van der Waals surface area contributed by atoms with E-state index < -0.39 is 5.31 Å². The minimum absolute atomic E-state index is 0.0625. The number of rotatable bonds is 10. The van der Waals surface area contributed by atoms with Gasteiger partial charge in [0.15, 0.2) is 0 Å². The summed E-state index contributed by atoms with van der Waals surface area (Å²) in [4.78, 5) is 0. The van der Waals surface area contributed by atoms with E-state index >= 15 is 0 Å². The van der Waals surface area contributed by atoms with Crippen LogP contribution in [0, 0.1) is 0 Å². The average Bonchev–Trinajstić information content (AvgIpc) is 2.84. The molecule has 0 aliphatic rings. The van der Waals surface area contributed by atoms with Crippen molar-refractivity contribution in [1.29, 1.82) is 0 Å². The molecule has 3 heteroatoms. The first-order valence-electron chi connectivity index (χ1n) is 11.4. The Labute approximate surface area is 202 Å². The van der Waals surface area contributed by atoms with Gasteiger partial charge in [0.1, 0.15) is 0 Å². The Bertz CT molecular complexity index is 913. The van der Waals surface area contributed by atoms with Gasteiger partial charge in [0.05, 0.1) is 0 Å². The Morgan fingerprint density at radius 2 is 1.22 bits per heavy atom. The molecule has 3 aromatic carbocycles. The third-order valence-corrected chi connectivity index (χ3v) is 16.1. The predicted octanol–water partition coefficient (Wildman–Crippen LogP) is 7.37. The Kier molecular flexibility index (Phi) is 8.15. The van der Waals surface area contributed by atoms with Crippen molar-refractivity contribution in [1.82, 2.24) is 0 Å². The van der Waals surface area contributed by atoms with Crippen molar-refractivity contribution >= 4 is 36.7 Å². The van der Waals surface area contributed by atoms with Gasteiger partial charge in [0.2, 0.25) is 0 Å². The van der Waals surface area contributed by atoms with Crippen molar-refractivity contribution in [2.24, 2.45) is 0 Å². The number of benzene rings is 3. The fourth-order valence-electron chi connectivity index (χ4n) is 4.30. The Balaban J connectivity index is 2.07. The average molecular weight is 511 g/mol. The topological polar surface area (TPSA) is 9.23 Å². The van der Waals surface area contributed by atoms with Gasteiger partial charge in [-0.2, -0.15) is 0 Å². The zero-order valence-corrected chi connectivity index (χ0v) is 22.3. The normalized spacial score (nSPS) is 14.0. The van der Waals surface area contributed by atoms with Crippen LogP contribution in [0.3, 0.4) is 0 Å². The molecule has 0 fully saturated rings. The molecule has 0 unspecified atom stereocenters. The van der Waals surface area contributed by atoms with E-state index in [1.165, 1.54) is 21.5 Å². The molecule has 0 spiro atoms. The number of ether oxygens (including phenoxy) is 1. The van der Waals surface area contributed by atoms with E-state index in [9.17, 15) is 0 Å². The summed E-state index contributed by atoms with van der Waals surface area (Å²) in [5, 5.41) is 1.21. The number of hydrogen-bond acceptors (Lipinski definition) is 1. The molecular formula is C29H36BrOP. The molecule has 3 rings (SSSR count). The van der Waals surface area contributed by atoms with E-state index in [0.717, 1.165) is 25.4 Å². The molecule has 0 atom stereocenters. The van der Waals surface area contributed by atoms with Gasteiger partial charge in [-0.25, -0.2) is 0 Å². The van der Waals surface area contributed by atoms with Crippen LogP contribution in [0.1, 0.15) is 40.0 Å². The SMILES string of the molecule is COC(C)(C)CCCC(C)=CCP(Br)(c1ccccc1)(c1ccccc1)c1ccccc1. The molecule has 170 valence electrons. The second kappa shape index (κ2) is 10.5. The quantitative estimate of drug-likeness (QED) is 0.204. The molecule has 1 nitrogen and oxygen atoms in total. The second-order valence-electron chi connectivity index (χ2n) is 9.24. The van der Waals surface area contributed by atoms with Crippen molar-refractivity contribution in [2.75, 3.05) is 13.3 Å². The monoisotopic (exact) mass is 510 g/mol. The van der Waals surface area contributed by atoms with E-state index in [1.807, 2.05) is 0 Å². The third-order valence-electron chi connectivity index (χ3n) is 6.57. The van der Waals surface area contributed by atoms with E-state index in [1.54, 1.807) is 7.11 Å². The molecule has 0 amide bonds. The molecular weight excluding hydrogens is 475 g/mol. The number of hydrogen-bond donors (Lipinski definition) is 0. The van der Waals surface area contributed by atoms with Crippen molar-refractivity contribution in [3.63, 3.8) is 0 Å². The van der Waals surface area contributed by atoms with Crippen molar-refractivity contribution in [3.8, 4) is 0 Å². The molecule has 0 bridgehead atoms. The van der Waals surface area contributed by atoms with Gasteiger partial charge in [-0.15, -0.1) is 0 Å². The fourth-order valence-corrected chi connectivity index (χ4v) is 11.4. The zero-order valence-electron chi connectivity index (χ0n) is 19.8. The molecule has 32 heavy (non-hydrogen) atoms. The van der Waals surface area contributed by atoms with Gasteiger partial charge in [-0.05, 0) is 0 Å². The van der Waals surface area contributed by atoms with Crippen LogP contribution in [0.5, 0.6) is 0 Å². The van der Waals surface area contributed by atoms with Crippen molar-refractivity contribution < 1.29 is 4.74 Å². The molecule has 0 aliphatic heterocycles. The Hall–Kier alpha value is -1.73. The Morgan fingerprint density at radius 3 is 1.59 bits per heavy atom. The predicted molar refractivity (Wildman–Crippen MR) is 148 cm³/mol. The van der Waals surface area contributed by atoms with Crippen LogP contribution >= 0.6 is 20.8 Å². The van der Waals surface area contributed by atoms with Crippen molar-refractivity contribution in [3.05, 3.63) is 103 Å². The second-order valence-corrected chi connectivity index (χ2v) is 18.2. The molecule has 0 saturated heterocycles. The van der Waals surface area contributed by atoms with Crippen LogP contribution in [0.2, 0.25) is 0 Å². The van der Waals surface area contributed by atoms with E-state index in [-0.39, 0.29) is 5.60 Å². The summed E-state index contributed by atoms with van der Waals surface area (Å²) in [5.41, 5.74) is 1.38. The first kappa shape index (κ1) is 24.9. The molecule has 0 aliphatic carbocycles. The summed E-state index contributed by atoms with van der Waals surface area (Å²) in [5.74, 6) is 0. The maximum absolute atomic E-state index is 5.60. The summed E-state index contributed by atoms with van der Waals surface area (Å²) in [7, 11) is 1.80. The van der Waals surface area contributed by atoms with Gasteiger partial charge in [-0.3, -0.25) is 0 Å². The van der Waals surface area contributed by atoms with Gasteiger partial charge in [-0.1, -0.05) is 0 Å². The molecule has 0 N–H and O–H groups in total. The summed E-state index contributed by atoms with van der Waals surface area (Å²) in [6.45, 7) is 6.60. The van der Waals surface area contributed by atoms with E-state index in [0.29, 0.717) is 0 Å². The first-order chi connectivity index (χ1) is 15.3. The van der Waals surface area contributed by atoms with Crippen LogP contribution < -0.4 is 15.9 Å². The van der Waals surface area contributed by atoms with Crippen LogP contribution in [0.4, 0.5) is 0 Å². The molecule has 3 aromatic rings. The number of halogens is 1. The first-order valence-corrected chi connectivity index (χ1v) is 15.8. The standard InChI is InChI=1S/C29H36BrOP/c1-25(15-14-23-29(2,3)31-4)22-24-32(30,26-16-8-5-9-17-26,27-18-10-6-11-19-27)28-20-12-7-13-21-28/h5-13,16-22H,14-15,23-24H2,1-4H3. The van der Waals surface area contributed by atoms with Crippen LogP contribution in [0.15, 0.2) is 103 Å². The van der Waals surface area contributed by atoms with Gasteiger partial charge in [0, 0.05) is 0 Å². The van der Waals surface area contributed by atoms with E-state index in [2.05, 4.69) is 133 Å². The molecule has 0 saturated carbocycles. The Morgan fingerprint density at radius 1 is 0.812 bits per heavy atom. The minimum atomic E-state index is -2.87. The summed E-state index contributed by atoms with van der Waals surface area (Å²) < 4.78 is 5.60. The summed E-state index contributed by atoms with van der Waals surface area (Å²) >= 11 is 4.52. The summed E-state index contributed by atoms with van der Waals surface area (Å²) in [6.07, 6.45) is 6.69. The van der Waals surface area contributed by atoms with Crippen molar-refractivity contribution in [2.45, 2.75) is 45.6 Å². The van der Waals surface area contributed by atoms with E-state index in [4.69, 9.17) is 4.74 Å². The number of methoxy groups -OCH3 is 1. The third kappa shape index (κ3) is 5.25. The van der Waals surface area contributed by atoms with Crippen LogP contribution in [-0.4, -0.2) is 18.9 Å². The fraction of sp³-hybridized carbons (Fsp3) is 0.310. The number of allylic oxidation sites excluding steroid dienone is 2. The van der Waals surface area contributed by atoms with Crippen LogP contribution in [-0.2, 0) is 4.74 Å². The molecule has 0 heterocycles. The summed E-state index contributed by atoms with van der Waals surface area (Å²) in [6, 6.07) is 33.0. The molecule has 0 radical (unpaired) electrons. The van der Waals surface area contributed by atoms with Gasteiger partial charge >= 0.3 is 203 Å². The van der Waals surface area contributed by atoms with Gasteiger partial charge in [0.25, 0.3) is 0 Å². The van der Waals surface area contributed by atoms with Crippen LogP contribution in [0.25, 0.3) is 0 Å². The molecule has 0 aromatic heterocycles. The van der Waals surface area contributed by atoms with Gasteiger partial charge < -0.3 is 0 Å². The zero-order chi connectivity index (χ0) is 23.1.